The van der Waals surface area contributed by atoms with E-state index in [0.717, 1.165) is 16.7 Å². The van der Waals surface area contributed by atoms with Crippen LogP contribution in [-0.4, -0.2) is 34.5 Å². The lowest BCUT2D eigenvalue weighted by atomic mass is 10.2. The molecule has 0 bridgehead atoms. The minimum absolute atomic E-state index is 0.0990. The predicted molar refractivity (Wildman–Crippen MR) is 74.1 cm³/mol. The summed E-state index contributed by atoms with van der Waals surface area (Å²) in [5.74, 6) is 1.33. The van der Waals surface area contributed by atoms with E-state index in [1.54, 1.807) is 6.20 Å². The van der Waals surface area contributed by atoms with Crippen molar-refractivity contribution in [2.75, 3.05) is 11.5 Å². The lowest BCUT2D eigenvalue weighted by Crippen LogP contribution is -2.13. The van der Waals surface area contributed by atoms with Gasteiger partial charge >= 0.3 is 0 Å². The van der Waals surface area contributed by atoms with Crippen LogP contribution in [0, 0.1) is 6.92 Å². The van der Waals surface area contributed by atoms with E-state index in [2.05, 4.69) is 9.97 Å². The fraction of sp³-hybridized carbons (Fsp3) is 0.500. The van der Waals surface area contributed by atoms with E-state index in [1.165, 1.54) is 0 Å². The topological polar surface area (TPSA) is 64.8 Å². The minimum atomic E-state index is -2.94. The van der Waals surface area contributed by atoms with Crippen LogP contribution in [0.2, 0.25) is 0 Å². The van der Waals surface area contributed by atoms with Crippen LogP contribution in [0.3, 0.4) is 0 Å². The number of pyridine rings is 1. The summed E-state index contributed by atoms with van der Waals surface area (Å²) in [5, 5.41) is 0. The van der Waals surface area contributed by atoms with Crippen molar-refractivity contribution in [1.29, 1.82) is 0 Å². The highest BCUT2D eigenvalue weighted by molar-refractivity contribution is 7.91. The molecule has 1 atom stereocenters. The van der Waals surface area contributed by atoms with Crippen molar-refractivity contribution in [3.8, 4) is 0 Å². The minimum Gasteiger partial charge on any atom is -0.308 e. The highest BCUT2D eigenvalue weighted by atomic mass is 35.5. The maximum absolute atomic E-state index is 11.7. The first-order chi connectivity index (χ1) is 9.02. The molecule has 0 radical (unpaired) electrons. The molecule has 1 unspecified atom stereocenters. The zero-order valence-corrected chi connectivity index (χ0v) is 12.1. The van der Waals surface area contributed by atoms with Crippen molar-refractivity contribution >= 4 is 32.6 Å². The molecule has 1 saturated heterocycles. The average molecular weight is 300 g/mol. The van der Waals surface area contributed by atoms with Gasteiger partial charge < -0.3 is 4.57 Å². The molecular formula is C12H14ClN3O2S. The van der Waals surface area contributed by atoms with Crippen LogP contribution >= 0.6 is 11.6 Å². The van der Waals surface area contributed by atoms with E-state index in [4.69, 9.17) is 11.6 Å². The number of sulfone groups is 1. The number of hydrogen-bond acceptors (Lipinski definition) is 4. The summed E-state index contributed by atoms with van der Waals surface area (Å²) in [6.45, 7) is 1.96. The standard InChI is InChI=1S/C12H14ClN3O2S/c1-8-2-4-14-12-11(8)15-10(6-13)16(12)9-3-5-19(17,18)7-9/h2,4,9H,3,5-7H2,1H3. The zero-order chi connectivity index (χ0) is 13.6. The highest BCUT2D eigenvalue weighted by Gasteiger charge is 2.32. The predicted octanol–water partition coefficient (Wildman–Crippen LogP) is 1.84. The first kappa shape index (κ1) is 12.9. The number of nitrogens with zero attached hydrogens (tertiary/aromatic N) is 3. The fourth-order valence-corrected chi connectivity index (χ4v) is 4.50. The van der Waals surface area contributed by atoms with Gasteiger partial charge in [0.25, 0.3) is 0 Å². The Kier molecular flexibility index (Phi) is 3.02. The van der Waals surface area contributed by atoms with Gasteiger partial charge in [-0.2, -0.15) is 0 Å². The largest absolute Gasteiger partial charge is 0.308 e. The number of aryl methyl sites for hydroxylation is 1. The first-order valence-corrected chi connectivity index (χ1v) is 8.46. The number of alkyl halides is 1. The Labute approximate surface area is 116 Å². The molecule has 0 amide bonds. The van der Waals surface area contributed by atoms with Crippen molar-refractivity contribution in [3.63, 3.8) is 0 Å². The van der Waals surface area contributed by atoms with Crippen LogP contribution in [0.25, 0.3) is 11.2 Å². The van der Waals surface area contributed by atoms with Crippen LogP contribution in [0.5, 0.6) is 0 Å². The van der Waals surface area contributed by atoms with Crippen LogP contribution in [0.1, 0.15) is 23.9 Å². The smallest absolute Gasteiger partial charge is 0.160 e. The molecule has 1 fully saturated rings. The van der Waals surface area contributed by atoms with Gasteiger partial charge in [-0.3, -0.25) is 0 Å². The third kappa shape index (κ3) is 2.12. The summed E-state index contributed by atoms with van der Waals surface area (Å²) in [6.07, 6.45) is 2.32. The Balaban J connectivity index is 2.20. The molecule has 0 aromatic carbocycles. The monoisotopic (exact) mass is 299 g/mol. The maximum atomic E-state index is 11.7. The highest BCUT2D eigenvalue weighted by Crippen LogP contribution is 2.30. The lowest BCUT2D eigenvalue weighted by molar-refractivity contribution is 0.550. The number of imidazole rings is 1. The average Bonchev–Trinajstić information content (AvgIpc) is 2.90. The molecule has 1 aliphatic rings. The van der Waals surface area contributed by atoms with Gasteiger partial charge in [-0.05, 0) is 25.0 Å². The molecule has 3 rings (SSSR count). The molecule has 3 heterocycles. The Morgan fingerprint density at radius 1 is 1.53 bits per heavy atom. The summed E-state index contributed by atoms with van der Waals surface area (Å²) < 4.78 is 25.2. The number of aromatic nitrogens is 3. The van der Waals surface area contributed by atoms with Crippen LogP contribution < -0.4 is 0 Å². The second-order valence-electron chi connectivity index (χ2n) is 4.89. The lowest BCUT2D eigenvalue weighted by Gasteiger charge is -2.13. The Morgan fingerprint density at radius 2 is 2.32 bits per heavy atom. The van der Waals surface area contributed by atoms with Crippen molar-refractivity contribution in [1.82, 2.24) is 14.5 Å². The Hall–Kier alpha value is -1.14. The molecular weight excluding hydrogens is 286 g/mol. The number of rotatable bonds is 2. The normalized spacial score (nSPS) is 22.1. The van der Waals surface area contributed by atoms with E-state index in [-0.39, 0.29) is 23.4 Å². The SMILES string of the molecule is Cc1ccnc2c1nc(CCl)n2C1CCS(=O)(=O)C1. The van der Waals surface area contributed by atoms with Gasteiger partial charge in [-0.25, -0.2) is 18.4 Å². The molecule has 0 saturated carbocycles. The van der Waals surface area contributed by atoms with Gasteiger partial charge in [0.1, 0.15) is 11.3 Å². The van der Waals surface area contributed by atoms with Gasteiger partial charge in [0.05, 0.1) is 23.4 Å². The van der Waals surface area contributed by atoms with Crippen molar-refractivity contribution in [3.05, 3.63) is 23.7 Å². The van der Waals surface area contributed by atoms with Crippen LogP contribution in [-0.2, 0) is 15.7 Å². The number of fused-ring (bicyclic) bond motifs is 1. The number of hydrogen-bond donors (Lipinski definition) is 0. The Bertz CT molecular complexity index is 739. The van der Waals surface area contributed by atoms with Gasteiger partial charge in [0.2, 0.25) is 0 Å². The fourth-order valence-electron chi connectivity index (χ4n) is 2.61. The zero-order valence-electron chi connectivity index (χ0n) is 10.5. The molecule has 19 heavy (non-hydrogen) atoms. The molecule has 1 aliphatic heterocycles. The molecule has 5 nitrogen and oxygen atoms in total. The van der Waals surface area contributed by atoms with Gasteiger partial charge in [-0.15, -0.1) is 11.6 Å². The second-order valence-corrected chi connectivity index (χ2v) is 7.38. The Morgan fingerprint density at radius 3 is 2.95 bits per heavy atom. The van der Waals surface area contributed by atoms with E-state index in [0.29, 0.717) is 12.2 Å². The summed E-state index contributed by atoms with van der Waals surface area (Å²) in [7, 11) is -2.94. The summed E-state index contributed by atoms with van der Waals surface area (Å²) in [6, 6.07) is 1.79. The molecule has 0 aliphatic carbocycles. The van der Waals surface area contributed by atoms with Crippen molar-refractivity contribution in [2.24, 2.45) is 0 Å². The van der Waals surface area contributed by atoms with Crippen LogP contribution in [0.15, 0.2) is 12.3 Å². The van der Waals surface area contributed by atoms with Crippen molar-refractivity contribution < 1.29 is 8.42 Å². The van der Waals surface area contributed by atoms with Gasteiger partial charge in [-0.1, -0.05) is 0 Å². The van der Waals surface area contributed by atoms with Gasteiger partial charge in [0, 0.05) is 6.20 Å². The van der Waals surface area contributed by atoms with E-state index < -0.39 is 9.84 Å². The summed E-state index contributed by atoms with van der Waals surface area (Å²) in [4.78, 5) is 8.85. The maximum Gasteiger partial charge on any atom is 0.160 e. The molecule has 102 valence electrons. The first-order valence-electron chi connectivity index (χ1n) is 6.10. The second kappa shape index (κ2) is 4.45. The third-order valence-electron chi connectivity index (χ3n) is 3.55. The van der Waals surface area contributed by atoms with E-state index in [9.17, 15) is 8.42 Å². The molecule has 0 spiro atoms. The van der Waals surface area contributed by atoms with E-state index >= 15 is 0 Å². The molecule has 2 aromatic rings. The quantitative estimate of drug-likeness (QED) is 0.794. The van der Waals surface area contributed by atoms with Crippen LogP contribution in [0.4, 0.5) is 0 Å². The molecule has 2 aromatic heterocycles. The molecule has 7 heteroatoms. The summed E-state index contributed by atoms with van der Waals surface area (Å²) >= 11 is 5.94. The molecule has 0 N–H and O–H groups in total. The summed E-state index contributed by atoms with van der Waals surface area (Å²) in [5.41, 5.74) is 2.57. The number of halogens is 1. The van der Waals surface area contributed by atoms with Crippen molar-refractivity contribution in [2.45, 2.75) is 25.3 Å². The van der Waals surface area contributed by atoms with Gasteiger partial charge in [0.15, 0.2) is 15.5 Å². The third-order valence-corrected chi connectivity index (χ3v) is 5.54. The van der Waals surface area contributed by atoms with E-state index in [1.807, 2.05) is 17.6 Å².